The number of hydrogen-bond acceptors (Lipinski definition) is 5. The second kappa shape index (κ2) is 7.64. The van der Waals surface area contributed by atoms with Crippen LogP contribution in [-0.2, 0) is 14.3 Å². The lowest BCUT2D eigenvalue weighted by Gasteiger charge is -2.26. The Labute approximate surface area is 146 Å². The Morgan fingerprint density at radius 1 is 1.16 bits per heavy atom. The maximum Gasteiger partial charge on any atom is 0.240 e. The van der Waals surface area contributed by atoms with Gasteiger partial charge in [0.25, 0.3) is 0 Å². The quantitative estimate of drug-likeness (QED) is 0.743. The zero-order chi connectivity index (χ0) is 17.7. The molecule has 2 aliphatic rings. The predicted molar refractivity (Wildman–Crippen MR) is 91.7 cm³/mol. The van der Waals surface area contributed by atoms with Gasteiger partial charge in [-0.25, -0.2) is 0 Å². The van der Waals surface area contributed by atoms with Crippen molar-refractivity contribution in [2.24, 2.45) is 5.41 Å². The number of nitrogens with one attached hydrogen (secondary N) is 2. The van der Waals surface area contributed by atoms with E-state index in [4.69, 9.17) is 10.00 Å². The molecule has 1 saturated carbocycles. The Morgan fingerprint density at radius 2 is 1.84 bits per heavy atom. The average Bonchev–Trinajstić information content (AvgIpc) is 3.45. The number of ether oxygens (including phenoxy) is 1. The van der Waals surface area contributed by atoms with Gasteiger partial charge in [0.1, 0.15) is 5.41 Å². The second-order valence-corrected chi connectivity index (χ2v) is 6.44. The van der Waals surface area contributed by atoms with Gasteiger partial charge in [-0.2, -0.15) is 5.26 Å². The highest BCUT2D eigenvalue weighted by molar-refractivity contribution is 6.13. The molecule has 2 amide bonds. The number of nitrogens with zero attached hydrogens (tertiary/aromatic N) is 2. The summed E-state index contributed by atoms with van der Waals surface area (Å²) in [5.74, 6) is -0.479. The van der Waals surface area contributed by atoms with Crippen molar-refractivity contribution in [1.82, 2.24) is 10.2 Å². The van der Waals surface area contributed by atoms with Crippen LogP contribution in [0.25, 0.3) is 0 Å². The SMILES string of the molecule is N#Cc1ccc(NC(=O)C2(C(=O)NCCN3CCOCC3)CC2)cc1. The Hall–Kier alpha value is -2.43. The van der Waals surface area contributed by atoms with E-state index in [0.717, 1.165) is 32.8 Å². The molecule has 0 radical (unpaired) electrons. The van der Waals surface area contributed by atoms with E-state index < -0.39 is 5.41 Å². The van der Waals surface area contributed by atoms with Crippen molar-refractivity contribution in [3.05, 3.63) is 29.8 Å². The molecule has 1 aromatic carbocycles. The summed E-state index contributed by atoms with van der Waals surface area (Å²) in [6.45, 7) is 4.50. The van der Waals surface area contributed by atoms with E-state index in [1.165, 1.54) is 0 Å². The lowest BCUT2D eigenvalue weighted by Crippen LogP contribution is -2.45. The summed E-state index contributed by atoms with van der Waals surface area (Å²) in [6, 6.07) is 8.64. The van der Waals surface area contributed by atoms with Gasteiger partial charge < -0.3 is 15.4 Å². The molecule has 0 bridgehead atoms. The molecular weight excluding hydrogens is 320 g/mol. The van der Waals surface area contributed by atoms with Gasteiger partial charge in [-0.05, 0) is 37.1 Å². The van der Waals surface area contributed by atoms with Crippen LogP contribution < -0.4 is 10.6 Å². The van der Waals surface area contributed by atoms with E-state index in [1.54, 1.807) is 24.3 Å². The molecule has 132 valence electrons. The molecule has 1 aliphatic heterocycles. The van der Waals surface area contributed by atoms with Gasteiger partial charge in [0, 0.05) is 31.9 Å². The first-order valence-electron chi connectivity index (χ1n) is 8.54. The second-order valence-electron chi connectivity index (χ2n) is 6.44. The van der Waals surface area contributed by atoms with Crippen molar-refractivity contribution in [3.63, 3.8) is 0 Å². The molecule has 0 atom stereocenters. The van der Waals surface area contributed by atoms with Crippen molar-refractivity contribution in [2.75, 3.05) is 44.7 Å². The van der Waals surface area contributed by atoms with Crippen molar-refractivity contribution < 1.29 is 14.3 Å². The zero-order valence-corrected chi connectivity index (χ0v) is 14.1. The fraction of sp³-hybridized carbons (Fsp3) is 0.500. The molecule has 1 aliphatic carbocycles. The van der Waals surface area contributed by atoms with Crippen molar-refractivity contribution in [3.8, 4) is 6.07 Å². The highest BCUT2D eigenvalue weighted by Crippen LogP contribution is 2.46. The number of hydrogen-bond donors (Lipinski definition) is 2. The van der Waals surface area contributed by atoms with Crippen LogP contribution in [0.15, 0.2) is 24.3 Å². The van der Waals surface area contributed by atoms with E-state index in [9.17, 15) is 9.59 Å². The molecule has 1 heterocycles. The molecule has 7 heteroatoms. The fourth-order valence-corrected chi connectivity index (χ4v) is 2.88. The maximum absolute atomic E-state index is 12.5. The number of anilines is 1. The molecule has 0 unspecified atom stereocenters. The van der Waals surface area contributed by atoms with Crippen LogP contribution in [0.3, 0.4) is 0 Å². The molecule has 25 heavy (non-hydrogen) atoms. The molecule has 2 N–H and O–H groups in total. The largest absolute Gasteiger partial charge is 0.379 e. The van der Waals surface area contributed by atoms with Crippen LogP contribution in [0, 0.1) is 16.7 Å². The minimum atomic E-state index is -0.946. The first-order valence-corrected chi connectivity index (χ1v) is 8.54. The van der Waals surface area contributed by atoms with Crippen LogP contribution >= 0.6 is 0 Å². The molecule has 7 nitrogen and oxygen atoms in total. The third-order valence-corrected chi connectivity index (χ3v) is 4.71. The number of benzene rings is 1. The van der Waals surface area contributed by atoms with E-state index in [-0.39, 0.29) is 11.8 Å². The fourth-order valence-electron chi connectivity index (χ4n) is 2.88. The summed E-state index contributed by atoms with van der Waals surface area (Å²) >= 11 is 0. The standard InChI is InChI=1S/C18H22N4O3/c19-13-14-1-3-15(4-2-14)21-17(24)18(5-6-18)16(23)20-7-8-22-9-11-25-12-10-22/h1-4H,5-12H2,(H,20,23)(H,21,24). The van der Waals surface area contributed by atoms with Gasteiger partial charge in [-0.1, -0.05) is 0 Å². The monoisotopic (exact) mass is 342 g/mol. The number of carbonyl (C=O) groups is 2. The zero-order valence-electron chi connectivity index (χ0n) is 14.1. The van der Waals surface area contributed by atoms with Gasteiger partial charge >= 0.3 is 0 Å². The van der Waals surface area contributed by atoms with Gasteiger partial charge in [-0.15, -0.1) is 0 Å². The van der Waals surface area contributed by atoms with Crippen molar-refractivity contribution in [2.45, 2.75) is 12.8 Å². The molecule has 3 rings (SSSR count). The number of carbonyl (C=O) groups excluding carboxylic acids is 2. The lowest BCUT2D eigenvalue weighted by atomic mass is 10.0. The molecule has 1 saturated heterocycles. The smallest absolute Gasteiger partial charge is 0.240 e. The Balaban J connectivity index is 1.49. The summed E-state index contributed by atoms with van der Waals surface area (Å²) in [5, 5.41) is 14.5. The summed E-state index contributed by atoms with van der Waals surface area (Å²) in [7, 11) is 0. The third-order valence-electron chi connectivity index (χ3n) is 4.71. The lowest BCUT2D eigenvalue weighted by molar-refractivity contribution is -0.134. The van der Waals surface area contributed by atoms with Crippen LogP contribution in [0.4, 0.5) is 5.69 Å². The van der Waals surface area contributed by atoms with Crippen LogP contribution in [0.2, 0.25) is 0 Å². The average molecular weight is 342 g/mol. The predicted octanol–water partition coefficient (Wildman–Crippen LogP) is 0.725. The summed E-state index contributed by atoms with van der Waals surface area (Å²) < 4.78 is 5.29. The van der Waals surface area contributed by atoms with Crippen molar-refractivity contribution >= 4 is 17.5 Å². The van der Waals surface area contributed by atoms with E-state index in [2.05, 4.69) is 15.5 Å². The first-order chi connectivity index (χ1) is 12.1. The number of morpholine rings is 1. The Bertz CT molecular complexity index is 671. The maximum atomic E-state index is 12.5. The number of amides is 2. The van der Waals surface area contributed by atoms with Crippen LogP contribution in [0.1, 0.15) is 18.4 Å². The normalized spacial score (nSPS) is 18.8. The molecule has 0 spiro atoms. The molecule has 1 aromatic rings. The van der Waals surface area contributed by atoms with Gasteiger partial charge in [0.15, 0.2) is 0 Å². The van der Waals surface area contributed by atoms with Gasteiger partial charge in [0.2, 0.25) is 11.8 Å². The number of rotatable bonds is 6. The van der Waals surface area contributed by atoms with E-state index >= 15 is 0 Å². The minimum Gasteiger partial charge on any atom is -0.379 e. The summed E-state index contributed by atoms with van der Waals surface area (Å²) in [4.78, 5) is 27.2. The molecule has 0 aromatic heterocycles. The van der Waals surface area contributed by atoms with Crippen LogP contribution in [0.5, 0.6) is 0 Å². The molecule has 2 fully saturated rings. The first kappa shape index (κ1) is 17.4. The molecular formula is C18H22N4O3. The van der Waals surface area contributed by atoms with E-state index in [0.29, 0.717) is 30.6 Å². The topological polar surface area (TPSA) is 94.5 Å². The van der Waals surface area contributed by atoms with Gasteiger partial charge in [-0.3, -0.25) is 14.5 Å². The van der Waals surface area contributed by atoms with Gasteiger partial charge in [0.05, 0.1) is 24.8 Å². The third kappa shape index (κ3) is 4.16. The minimum absolute atomic E-state index is 0.202. The van der Waals surface area contributed by atoms with E-state index in [1.807, 2.05) is 6.07 Å². The highest BCUT2D eigenvalue weighted by Gasteiger charge is 2.56. The van der Waals surface area contributed by atoms with Crippen molar-refractivity contribution in [1.29, 1.82) is 5.26 Å². The Kier molecular flexibility index (Phi) is 5.31. The highest BCUT2D eigenvalue weighted by atomic mass is 16.5. The Morgan fingerprint density at radius 3 is 2.44 bits per heavy atom. The van der Waals surface area contributed by atoms with Crippen LogP contribution in [-0.4, -0.2) is 56.1 Å². The summed E-state index contributed by atoms with van der Waals surface area (Å²) in [6.07, 6.45) is 1.14. The number of nitriles is 1. The summed E-state index contributed by atoms with van der Waals surface area (Å²) in [5.41, 5.74) is 0.176.